The van der Waals surface area contributed by atoms with Gasteiger partial charge in [0.05, 0.1) is 16.1 Å². The Labute approximate surface area is 118 Å². The van der Waals surface area contributed by atoms with Crippen molar-refractivity contribution in [3.05, 3.63) is 52.3 Å². The molecule has 0 aliphatic carbocycles. The number of amides is 2. The fourth-order valence-electron chi connectivity index (χ4n) is 1.98. The molecule has 0 unspecified atom stereocenters. The third-order valence-electron chi connectivity index (χ3n) is 2.91. The first kappa shape index (κ1) is 12.4. The van der Waals surface area contributed by atoms with E-state index in [1.807, 2.05) is 23.6 Å². The molecular formula is C14H11N3O2S. The maximum atomic E-state index is 12.1. The van der Waals surface area contributed by atoms with Gasteiger partial charge in [-0.2, -0.15) is 0 Å². The first-order chi connectivity index (χ1) is 9.65. The topological polar surface area (TPSA) is 88.0 Å². The highest BCUT2D eigenvalue weighted by atomic mass is 32.1. The lowest BCUT2D eigenvalue weighted by atomic mass is 10.2. The number of aromatic nitrogens is 1. The molecule has 0 bridgehead atoms. The van der Waals surface area contributed by atoms with E-state index in [1.165, 1.54) is 11.3 Å². The van der Waals surface area contributed by atoms with E-state index in [2.05, 4.69) is 10.3 Å². The van der Waals surface area contributed by atoms with Crippen molar-refractivity contribution in [2.75, 3.05) is 5.32 Å². The third-order valence-corrected chi connectivity index (χ3v) is 3.78. The number of hydrogen-bond acceptors (Lipinski definition) is 3. The van der Waals surface area contributed by atoms with Crippen LogP contribution in [0.3, 0.4) is 0 Å². The van der Waals surface area contributed by atoms with Crippen LogP contribution >= 0.6 is 11.3 Å². The quantitative estimate of drug-likeness (QED) is 0.690. The third kappa shape index (κ3) is 2.17. The minimum atomic E-state index is -0.531. The van der Waals surface area contributed by atoms with Crippen molar-refractivity contribution < 1.29 is 9.59 Å². The van der Waals surface area contributed by atoms with Crippen LogP contribution in [0, 0.1) is 0 Å². The minimum Gasteiger partial charge on any atom is -0.364 e. The summed E-state index contributed by atoms with van der Waals surface area (Å²) in [4.78, 5) is 26.8. The summed E-state index contributed by atoms with van der Waals surface area (Å²) in [5.41, 5.74) is 6.87. The van der Waals surface area contributed by atoms with Crippen LogP contribution in [0.2, 0.25) is 0 Å². The average molecular weight is 285 g/mol. The monoisotopic (exact) mass is 285 g/mol. The number of primary amides is 1. The number of para-hydroxylation sites is 1. The Morgan fingerprint density at radius 2 is 2.05 bits per heavy atom. The van der Waals surface area contributed by atoms with Gasteiger partial charge in [-0.05, 0) is 23.6 Å². The van der Waals surface area contributed by atoms with Gasteiger partial charge in [0, 0.05) is 5.39 Å². The molecule has 0 saturated heterocycles. The molecule has 0 spiro atoms. The molecule has 0 radical (unpaired) electrons. The molecule has 0 atom stereocenters. The fourth-order valence-corrected chi connectivity index (χ4v) is 2.60. The molecule has 3 aromatic rings. The Hall–Kier alpha value is -2.60. The number of nitrogens with one attached hydrogen (secondary N) is 2. The van der Waals surface area contributed by atoms with E-state index in [-0.39, 0.29) is 5.91 Å². The van der Waals surface area contributed by atoms with Crippen LogP contribution in [0.25, 0.3) is 10.9 Å². The molecule has 20 heavy (non-hydrogen) atoms. The minimum absolute atomic E-state index is 0.178. The zero-order valence-electron chi connectivity index (χ0n) is 10.3. The highest BCUT2D eigenvalue weighted by molar-refractivity contribution is 7.12. The number of nitrogens with two attached hydrogens (primary N) is 1. The van der Waals surface area contributed by atoms with Crippen LogP contribution in [-0.4, -0.2) is 16.8 Å². The molecule has 4 N–H and O–H groups in total. The zero-order chi connectivity index (χ0) is 14.1. The Balaban J connectivity index is 1.99. The molecule has 0 fully saturated rings. The first-order valence-corrected chi connectivity index (χ1v) is 6.79. The average Bonchev–Trinajstić information content (AvgIpc) is 3.08. The summed E-state index contributed by atoms with van der Waals surface area (Å²) < 4.78 is 0. The number of rotatable bonds is 3. The summed E-state index contributed by atoms with van der Waals surface area (Å²) in [6, 6.07) is 10.7. The predicted molar refractivity (Wildman–Crippen MR) is 79.1 cm³/mol. The summed E-state index contributed by atoms with van der Waals surface area (Å²) in [5.74, 6) is -0.709. The number of benzene rings is 1. The second-order valence-electron chi connectivity index (χ2n) is 4.25. The van der Waals surface area contributed by atoms with Crippen molar-refractivity contribution in [1.29, 1.82) is 0 Å². The summed E-state index contributed by atoms with van der Waals surface area (Å²) in [7, 11) is 0. The largest absolute Gasteiger partial charge is 0.364 e. The van der Waals surface area contributed by atoms with E-state index in [4.69, 9.17) is 5.73 Å². The maximum absolute atomic E-state index is 12.1. The van der Waals surface area contributed by atoms with Gasteiger partial charge in [0.25, 0.3) is 11.8 Å². The van der Waals surface area contributed by atoms with Gasteiger partial charge in [-0.1, -0.05) is 18.2 Å². The SMILES string of the molecule is NC(=O)c1cc2cccc(NC(=O)c3cccs3)c2[nH]1. The second kappa shape index (κ2) is 4.82. The lowest BCUT2D eigenvalue weighted by Gasteiger charge is -2.04. The zero-order valence-corrected chi connectivity index (χ0v) is 11.2. The highest BCUT2D eigenvalue weighted by Crippen LogP contribution is 2.24. The Morgan fingerprint density at radius 1 is 1.20 bits per heavy atom. The van der Waals surface area contributed by atoms with Crippen LogP contribution in [0.5, 0.6) is 0 Å². The standard InChI is InChI=1S/C14H11N3O2S/c15-13(18)10-7-8-3-1-4-9(12(8)16-10)17-14(19)11-5-2-6-20-11/h1-7,16H,(H2,15,18)(H,17,19). The number of aromatic amines is 1. The van der Waals surface area contributed by atoms with E-state index in [0.29, 0.717) is 21.8 Å². The molecule has 100 valence electrons. The van der Waals surface area contributed by atoms with Crippen LogP contribution in [0.4, 0.5) is 5.69 Å². The van der Waals surface area contributed by atoms with E-state index in [1.54, 1.807) is 18.2 Å². The molecule has 2 heterocycles. The fraction of sp³-hybridized carbons (Fsp3) is 0. The lowest BCUT2D eigenvalue weighted by Crippen LogP contribution is -2.11. The Kier molecular flexibility index (Phi) is 3.00. The maximum Gasteiger partial charge on any atom is 0.265 e. The molecule has 1 aromatic carbocycles. The molecule has 5 nitrogen and oxygen atoms in total. The number of thiophene rings is 1. The molecule has 3 rings (SSSR count). The number of anilines is 1. The van der Waals surface area contributed by atoms with E-state index in [9.17, 15) is 9.59 Å². The molecule has 0 aliphatic heterocycles. The van der Waals surface area contributed by atoms with Gasteiger partial charge in [0.1, 0.15) is 5.69 Å². The van der Waals surface area contributed by atoms with Crippen LogP contribution < -0.4 is 11.1 Å². The summed E-state index contributed by atoms with van der Waals surface area (Å²) in [6.45, 7) is 0. The van der Waals surface area contributed by atoms with E-state index >= 15 is 0 Å². The van der Waals surface area contributed by atoms with Gasteiger partial charge < -0.3 is 16.0 Å². The molecule has 0 saturated carbocycles. The van der Waals surface area contributed by atoms with Crippen molar-refractivity contribution in [3.63, 3.8) is 0 Å². The summed E-state index contributed by atoms with van der Waals surface area (Å²) in [5, 5.41) is 5.49. The van der Waals surface area contributed by atoms with Crippen molar-refractivity contribution in [2.45, 2.75) is 0 Å². The number of fused-ring (bicyclic) bond motifs is 1. The van der Waals surface area contributed by atoms with Crippen LogP contribution in [0.1, 0.15) is 20.2 Å². The highest BCUT2D eigenvalue weighted by Gasteiger charge is 2.12. The molecule has 6 heteroatoms. The van der Waals surface area contributed by atoms with Gasteiger partial charge >= 0.3 is 0 Å². The van der Waals surface area contributed by atoms with Crippen molar-refractivity contribution in [1.82, 2.24) is 4.98 Å². The second-order valence-corrected chi connectivity index (χ2v) is 5.20. The number of carbonyl (C=O) groups excluding carboxylic acids is 2. The lowest BCUT2D eigenvalue weighted by molar-refractivity contribution is 0.0994. The van der Waals surface area contributed by atoms with E-state index < -0.39 is 5.91 Å². The summed E-state index contributed by atoms with van der Waals surface area (Å²) >= 11 is 1.37. The van der Waals surface area contributed by atoms with Crippen LogP contribution in [0.15, 0.2) is 41.8 Å². The molecule has 2 aromatic heterocycles. The van der Waals surface area contributed by atoms with Gasteiger partial charge in [-0.25, -0.2) is 0 Å². The number of carbonyl (C=O) groups is 2. The summed E-state index contributed by atoms with van der Waals surface area (Å²) in [6.07, 6.45) is 0. The van der Waals surface area contributed by atoms with E-state index in [0.717, 1.165) is 5.39 Å². The van der Waals surface area contributed by atoms with Gasteiger partial charge in [-0.3, -0.25) is 9.59 Å². The van der Waals surface area contributed by atoms with Gasteiger partial charge in [0.2, 0.25) is 0 Å². The number of hydrogen-bond donors (Lipinski definition) is 3. The van der Waals surface area contributed by atoms with Gasteiger partial charge in [-0.15, -0.1) is 11.3 Å². The van der Waals surface area contributed by atoms with Crippen molar-refractivity contribution >= 4 is 39.7 Å². The number of H-pyrrole nitrogens is 1. The molecule has 2 amide bonds. The normalized spacial score (nSPS) is 10.6. The van der Waals surface area contributed by atoms with Crippen molar-refractivity contribution in [2.24, 2.45) is 5.73 Å². The van der Waals surface area contributed by atoms with Crippen molar-refractivity contribution in [3.8, 4) is 0 Å². The van der Waals surface area contributed by atoms with Gasteiger partial charge in [0.15, 0.2) is 0 Å². The predicted octanol–water partition coefficient (Wildman–Crippen LogP) is 2.58. The first-order valence-electron chi connectivity index (χ1n) is 5.91. The Morgan fingerprint density at radius 3 is 2.75 bits per heavy atom. The smallest absolute Gasteiger partial charge is 0.265 e. The molecule has 0 aliphatic rings. The Bertz CT molecular complexity index is 790. The van der Waals surface area contributed by atoms with Crippen LogP contribution in [-0.2, 0) is 0 Å². The molecular weight excluding hydrogens is 274 g/mol.